The van der Waals surface area contributed by atoms with Gasteiger partial charge in [-0.1, -0.05) is 0 Å². The maximum absolute atomic E-state index is 9.82. The van der Waals surface area contributed by atoms with Crippen LogP contribution >= 0.6 is 0 Å². The molecule has 0 spiro atoms. The molecule has 1 aromatic heterocycles. The molecule has 1 aromatic rings. The van der Waals surface area contributed by atoms with E-state index in [0.717, 1.165) is 12.1 Å². The Morgan fingerprint density at radius 1 is 1.43 bits per heavy atom. The van der Waals surface area contributed by atoms with Gasteiger partial charge in [-0.3, -0.25) is 9.97 Å². The summed E-state index contributed by atoms with van der Waals surface area (Å²) >= 11 is 0. The molecule has 0 saturated carbocycles. The zero-order valence-electron chi connectivity index (χ0n) is 7.97. The zero-order chi connectivity index (χ0) is 9.97. The Kier molecular flexibility index (Phi) is 2.45. The second-order valence-electron chi connectivity index (χ2n) is 3.23. The summed E-state index contributed by atoms with van der Waals surface area (Å²) in [6.07, 6.45) is 5.17. The third-order valence-electron chi connectivity index (χ3n) is 2.08. The van der Waals surface area contributed by atoms with Crippen molar-refractivity contribution in [2.45, 2.75) is 19.4 Å². The lowest BCUT2D eigenvalue weighted by Crippen LogP contribution is -2.05. The number of aryl methyl sites for hydroxylation is 1. The number of aliphatic hydroxyl groups is 1. The molecule has 1 atom stereocenters. The van der Waals surface area contributed by atoms with Crippen molar-refractivity contribution in [1.29, 1.82) is 0 Å². The Morgan fingerprint density at radius 2 is 2.29 bits per heavy atom. The first-order chi connectivity index (χ1) is 6.77. The van der Waals surface area contributed by atoms with E-state index < -0.39 is 6.10 Å². The largest absolute Gasteiger partial charge is 0.495 e. The molecule has 0 fully saturated rings. The SMILES string of the molecule is Cc1cnc(C(O)C2=CCCO2)cn1. The van der Waals surface area contributed by atoms with Crippen LogP contribution < -0.4 is 0 Å². The highest BCUT2D eigenvalue weighted by Gasteiger charge is 2.19. The van der Waals surface area contributed by atoms with Gasteiger partial charge in [0.2, 0.25) is 0 Å². The van der Waals surface area contributed by atoms with Crippen LogP contribution in [0, 0.1) is 6.92 Å². The van der Waals surface area contributed by atoms with Crippen molar-refractivity contribution < 1.29 is 9.84 Å². The van der Waals surface area contributed by atoms with E-state index in [1.807, 2.05) is 13.0 Å². The smallest absolute Gasteiger partial charge is 0.154 e. The lowest BCUT2D eigenvalue weighted by molar-refractivity contribution is 0.116. The minimum absolute atomic E-state index is 0.531. The summed E-state index contributed by atoms with van der Waals surface area (Å²) in [4.78, 5) is 8.16. The summed E-state index contributed by atoms with van der Waals surface area (Å²) in [5.41, 5.74) is 1.37. The lowest BCUT2D eigenvalue weighted by Gasteiger charge is -2.10. The van der Waals surface area contributed by atoms with E-state index in [1.54, 1.807) is 12.4 Å². The first kappa shape index (κ1) is 9.15. The Balaban J connectivity index is 2.18. The second-order valence-corrected chi connectivity index (χ2v) is 3.23. The average molecular weight is 192 g/mol. The van der Waals surface area contributed by atoms with Crippen LogP contribution in [0.3, 0.4) is 0 Å². The minimum atomic E-state index is -0.773. The average Bonchev–Trinajstić information content (AvgIpc) is 2.71. The van der Waals surface area contributed by atoms with Crippen molar-refractivity contribution in [2.24, 2.45) is 0 Å². The van der Waals surface area contributed by atoms with Crippen LogP contribution in [0.5, 0.6) is 0 Å². The molecular formula is C10H12N2O2. The fourth-order valence-corrected chi connectivity index (χ4v) is 1.32. The van der Waals surface area contributed by atoms with Crippen molar-refractivity contribution in [1.82, 2.24) is 9.97 Å². The van der Waals surface area contributed by atoms with E-state index in [-0.39, 0.29) is 0 Å². The molecule has 1 N–H and O–H groups in total. The molecule has 2 rings (SSSR count). The molecule has 2 heterocycles. The van der Waals surface area contributed by atoms with Gasteiger partial charge in [-0.15, -0.1) is 0 Å². The van der Waals surface area contributed by atoms with Crippen LogP contribution in [-0.2, 0) is 4.74 Å². The Hall–Kier alpha value is -1.42. The molecule has 4 nitrogen and oxygen atoms in total. The summed E-state index contributed by atoms with van der Waals surface area (Å²) in [6.45, 7) is 2.50. The highest BCUT2D eigenvalue weighted by molar-refractivity contribution is 5.15. The van der Waals surface area contributed by atoms with Crippen molar-refractivity contribution in [3.05, 3.63) is 35.6 Å². The Morgan fingerprint density at radius 3 is 2.86 bits per heavy atom. The molecule has 0 bridgehead atoms. The molecule has 1 unspecified atom stereocenters. The van der Waals surface area contributed by atoms with Crippen molar-refractivity contribution >= 4 is 0 Å². The van der Waals surface area contributed by atoms with Crippen LogP contribution in [0.15, 0.2) is 24.2 Å². The second kappa shape index (κ2) is 3.75. The van der Waals surface area contributed by atoms with Crippen molar-refractivity contribution in [3.63, 3.8) is 0 Å². The predicted molar refractivity (Wildman–Crippen MR) is 50.4 cm³/mol. The molecule has 4 heteroatoms. The summed E-state index contributed by atoms with van der Waals surface area (Å²) in [6, 6.07) is 0. The third kappa shape index (κ3) is 1.75. The standard InChI is InChI=1S/C10H12N2O2/c1-7-5-12-8(6-11-7)10(13)9-3-2-4-14-9/h3,5-6,10,13H,2,4H2,1H3. The zero-order valence-corrected chi connectivity index (χ0v) is 7.97. The van der Waals surface area contributed by atoms with Gasteiger partial charge in [0.1, 0.15) is 5.76 Å². The quantitative estimate of drug-likeness (QED) is 0.763. The van der Waals surface area contributed by atoms with Gasteiger partial charge in [0.15, 0.2) is 6.10 Å². The fraction of sp³-hybridized carbons (Fsp3) is 0.400. The van der Waals surface area contributed by atoms with E-state index in [1.165, 1.54) is 0 Å². The van der Waals surface area contributed by atoms with Crippen LogP contribution in [0.2, 0.25) is 0 Å². The van der Waals surface area contributed by atoms with E-state index in [4.69, 9.17) is 4.74 Å². The molecule has 1 aliphatic rings. The molecule has 0 saturated heterocycles. The number of aromatic nitrogens is 2. The highest BCUT2D eigenvalue weighted by Crippen LogP contribution is 2.24. The predicted octanol–water partition coefficient (Wildman–Crippen LogP) is 1.12. The molecule has 1 aliphatic heterocycles. The van der Waals surface area contributed by atoms with E-state index in [2.05, 4.69) is 9.97 Å². The van der Waals surface area contributed by atoms with Gasteiger partial charge in [-0.25, -0.2) is 0 Å². The topological polar surface area (TPSA) is 55.2 Å². The normalized spacial score (nSPS) is 17.4. The maximum atomic E-state index is 9.82. The number of ether oxygens (including phenoxy) is 1. The lowest BCUT2D eigenvalue weighted by atomic mass is 10.2. The van der Waals surface area contributed by atoms with Crippen LogP contribution in [0.1, 0.15) is 23.9 Å². The van der Waals surface area contributed by atoms with E-state index in [9.17, 15) is 5.11 Å². The molecule has 14 heavy (non-hydrogen) atoms. The number of nitrogens with zero attached hydrogens (tertiary/aromatic N) is 2. The highest BCUT2D eigenvalue weighted by atomic mass is 16.5. The summed E-state index contributed by atoms with van der Waals surface area (Å²) in [7, 11) is 0. The summed E-state index contributed by atoms with van der Waals surface area (Å²) < 4.78 is 5.24. The van der Waals surface area contributed by atoms with Gasteiger partial charge in [0, 0.05) is 12.6 Å². The molecule has 0 amide bonds. The number of aliphatic hydroxyl groups excluding tert-OH is 1. The van der Waals surface area contributed by atoms with Gasteiger partial charge in [0.05, 0.1) is 24.2 Å². The minimum Gasteiger partial charge on any atom is -0.495 e. The van der Waals surface area contributed by atoms with Crippen molar-refractivity contribution in [3.8, 4) is 0 Å². The molecular weight excluding hydrogens is 180 g/mol. The van der Waals surface area contributed by atoms with Crippen LogP contribution in [-0.4, -0.2) is 21.7 Å². The number of hydrogen-bond acceptors (Lipinski definition) is 4. The number of hydrogen-bond donors (Lipinski definition) is 1. The Bertz CT molecular complexity index is 346. The Labute approximate surface area is 82.3 Å². The molecule has 0 aliphatic carbocycles. The van der Waals surface area contributed by atoms with Crippen LogP contribution in [0.4, 0.5) is 0 Å². The van der Waals surface area contributed by atoms with E-state index in [0.29, 0.717) is 18.1 Å². The van der Waals surface area contributed by atoms with E-state index >= 15 is 0 Å². The van der Waals surface area contributed by atoms with Gasteiger partial charge in [0.25, 0.3) is 0 Å². The number of rotatable bonds is 2. The van der Waals surface area contributed by atoms with Gasteiger partial charge in [-0.2, -0.15) is 0 Å². The van der Waals surface area contributed by atoms with Crippen molar-refractivity contribution in [2.75, 3.05) is 6.61 Å². The first-order valence-corrected chi connectivity index (χ1v) is 4.57. The third-order valence-corrected chi connectivity index (χ3v) is 2.08. The summed E-state index contributed by atoms with van der Waals surface area (Å²) in [5.74, 6) is 0.586. The van der Waals surface area contributed by atoms with Crippen LogP contribution in [0.25, 0.3) is 0 Å². The monoisotopic (exact) mass is 192 g/mol. The molecule has 74 valence electrons. The summed E-state index contributed by atoms with van der Waals surface area (Å²) in [5, 5.41) is 9.82. The molecule has 0 aromatic carbocycles. The first-order valence-electron chi connectivity index (χ1n) is 4.57. The van der Waals surface area contributed by atoms with Gasteiger partial charge < -0.3 is 9.84 Å². The molecule has 0 radical (unpaired) electrons. The maximum Gasteiger partial charge on any atom is 0.154 e. The van der Waals surface area contributed by atoms with Gasteiger partial charge >= 0.3 is 0 Å². The van der Waals surface area contributed by atoms with Gasteiger partial charge in [-0.05, 0) is 13.0 Å². The fourth-order valence-electron chi connectivity index (χ4n) is 1.32.